The first kappa shape index (κ1) is 9.69. The van der Waals surface area contributed by atoms with E-state index in [0.29, 0.717) is 5.69 Å². The number of aromatic nitrogens is 1. The van der Waals surface area contributed by atoms with Gasteiger partial charge in [0.2, 0.25) is 0 Å². The largest absolute Gasteiger partial charge is 0.490 e. The van der Waals surface area contributed by atoms with Crippen molar-refractivity contribution in [1.29, 1.82) is 0 Å². The Bertz CT molecular complexity index is 339. The van der Waals surface area contributed by atoms with Gasteiger partial charge in [0.1, 0.15) is 0 Å². The predicted octanol–water partition coefficient (Wildman–Crippen LogP) is -1.23. The highest BCUT2D eigenvalue weighted by molar-refractivity contribution is 6.60. The summed E-state index contributed by atoms with van der Waals surface area (Å²) in [5.74, 6) is -1.20. The lowest BCUT2D eigenvalue weighted by Gasteiger charge is -2.04. The van der Waals surface area contributed by atoms with Crippen LogP contribution in [0.2, 0.25) is 0 Å². The molecule has 1 aromatic rings. The summed E-state index contributed by atoms with van der Waals surface area (Å²) in [6.07, 6.45) is 1.14. The van der Waals surface area contributed by atoms with Crippen molar-refractivity contribution in [1.82, 2.24) is 4.98 Å². The number of aromatic carboxylic acids is 1. The molecule has 0 saturated heterocycles. The van der Waals surface area contributed by atoms with Gasteiger partial charge in [0, 0.05) is 17.4 Å². The average Bonchev–Trinajstić information content (AvgIpc) is 2.03. The summed E-state index contributed by atoms with van der Waals surface area (Å²) in [6, 6.07) is 1.29. The van der Waals surface area contributed by atoms with E-state index in [9.17, 15) is 4.79 Å². The van der Waals surface area contributed by atoms with Gasteiger partial charge >= 0.3 is 13.1 Å². The number of pyridine rings is 1. The summed E-state index contributed by atoms with van der Waals surface area (Å²) < 4.78 is 0. The molecule has 0 aliphatic rings. The number of hydrogen-bond donors (Lipinski definition) is 3. The summed E-state index contributed by atoms with van der Waals surface area (Å²) in [5, 5.41) is 26.3. The van der Waals surface area contributed by atoms with Crippen LogP contribution in [-0.4, -0.2) is 33.2 Å². The second-order valence-corrected chi connectivity index (χ2v) is 2.59. The van der Waals surface area contributed by atoms with Crippen LogP contribution in [0, 0.1) is 6.92 Å². The lowest BCUT2D eigenvalue weighted by Crippen LogP contribution is -2.35. The predicted molar refractivity (Wildman–Crippen MR) is 45.8 cm³/mol. The molecule has 1 aromatic heterocycles. The molecule has 68 valence electrons. The molecule has 0 saturated carbocycles. The van der Waals surface area contributed by atoms with Crippen molar-refractivity contribution >= 4 is 18.6 Å². The SMILES string of the molecule is Cc1cc(C(=O)O)c(B(O)O)cn1. The topological polar surface area (TPSA) is 90.7 Å². The van der Waals surface area contributed by atoms with Crippen molar-refractivity contribution in [3.63, 3.8) is 0 Å². The van der Waals surface area contributed by atoms with Gasteiger partial charge in [-0.05, 0) is 13.0 Å². The van der Waals surface area contributed by atoms with Gasteiger partial charge in [0.25, 0.3) is 0 Å². The number of carbonyl (C=O) groups is 1. The molecule has 0 spiro atoms. The van der Waals surface area contributed by atoms with E-state index in [2.05, 4.69) is 4.98 Å². The maximum absolute atomic E-state index is 10.6. The highest BCUT2D eigenvalue weighted by Crippen LogP contribution is 1.98. The van der Waals surface area contributed by atoms with Crippen molar-refractivity contribution in [2.45, 2.75) is 6.92 Å². The minimum absolute atomic E-state index is 0.0990. The average molecular weight is 181 g/mol. The standard InChI is InChI=1S/C7H8BNO4/c1-4-2-5(7(10)11)6(3-9-4)8(12)13/h2-3,12-13H,1H3,(H,10,11). The normalized spacial score (nSPS) is 9.77. The van der Waals surface area contributed by atoms with Crippen molar-refractivity contribution in [3.05, 3.63) is 23.5 Å². The zero-order valence-electron chi connectivity index (χ0n) is 6.93. The van der Waals surface area contributed by atoms with Crippen LogP contribution in [0.25, 0.3) is 0 Å². The third-order valence-electron chi connectivity index (χ3n) is 1.58. The molecule has 0 atom stereocenters. The highest BCUT2D eigenvalue weighted by atomic mass is 16.4. The van der Waals surface area contributed by atoms with E-state index in [1.807, 2.05) is 0 Å². The Balaban J connectivity index is 3.27. The zero-order valence-corrected chi connectivity index (χ0v) is 6.93. The number of hydrogen-bond acceptors (Lipinski definition) is 4. The Labute approximate surface area is 74.8 Å². The van der Waals surface area contributed by atoms with E-state index < -0.39 is 13.1 Å². The van der Waals surface area contributed by atoms with Crippen LogP contribution in [0.3, 0.4) is 0 Å². The molecule has 0 fully saturated rings. The third kappa shape index (κ3) is 2.04. The zero-order chi connectivity index (χ0) is 10.0. The van der Waals surface area contributed by atoms with Crippen LogP contribution in [-0.2, 0) is 0 Å². The van der Waals surface area contributed by atoms with Gasteiger partial charge in [0.05, 0.1) is 5.56 Å². The molecular formula is C7H8BNO4. The Morgan fingerprint density at radius 2 is 2.15 bits per heavy atom. The molecule has 0 unspecified atom stereocenters. The van der Waals surface area contributed by atoms with Crippen LogP contribution in [0.15, 0.2) is 12.3 Å². The monoisotopic (exact) mass is 181 g/mol. The number of carboxylic acids is 1. The van der Waals surface area contributed by atoms with Crippen LogP contribution >= 0.6 is 0 Å². The van der Waals surface area contributed by atoms with Crippen molar-refractivity contribution in [2.75, 3.05) is 0 Å². The Morgan fingerprint density at radius 3 is 2.62 bits per heavy atom. The molecule has 0 amide bonds. The summed E-state index contributed by atoms with van der Waals surface area (Å²) >= 11 is 0. The molecule has 0 aliphatic heterocycles. The van der Waals surface area contributed by atoms with Gasteiger partial charge < -0.3 is 15.2 Å². The molecular weight excluding hydrogens is 173 g/mol. The Hall–Kier alpha value is -1.40. The molecule has 0 aliphatic carbocycles. The number of rotatable bonds is 2. The van der Waals surface area contributed by atoms with E-state index in [4.69, 9.17) is 15.2 Å². The first-order valence-electron chi connectivity index (χ1n) is 3.58. The van der Waals surface area contributed by atoms with Crippen LogP contribution in [0.5, 0.6) is 0 Å². The van der Waals surface area contributed by atoms with Gasteiger partial charge in [-0.25, -0.2) is 4.79 Å². The second kappa shape index (κ2) is 3.55. The Kier molecular flexibility index (Phi) is 2.65. The first-order chi connectivity index (χ1) is 6.02. The van der Waals surface area contributed by atoms with E-state index in [1.165, 1.54) is 6.07 Å². The maximum atomic E-state index is 10.6. The van der Waals surface area contributed by atoms with Crippen LogP contribution in [0.4, 0.5) is 0 Å². The van der Waals surface area contributed by atoms with Crippen LogP contribution in [0.1, 0.15) is 16.1 Å². The number of carboxylic acid groups (broad SMARTS) is 1. The van der Waals surface area contributed by atoms with E-state index in [1.54, 1.807) is 6.92 Å². The maximum Gasteiger partial charge on any atom is 0.490 e. The van der Waals surface area contributed by atoms with Crippen LogP contribution < -0.4 is 5.46 Å². The summed E-state index contributed by atoms with van der Waals surface area (Å²) in [7, 11) is -1.81. The summed E-state index contributed by atoms with van der Waals surface area (Å²) in [4.78, 5) is 14.4. The summed E-state index contributed by atoms with van der Waals surface area (Å²) in [6.45, 7) is 1.62. The highest BCUT2D eigenvalue weighted by Gasteiger charge is 2.20. The second-order valence-electron chi connectivity index (χ2n) is 2.59. The molecule has 0 radical (unpaired) electrons. The first-order valence-corrected chi connectivity index (χ1v) is 3.58. The fraction of sp³-hybridized carbons (Fsp3) is 0.143. The number of nitrogens with zero attached hydrogens (tertiary/aromatic N) is 1. The molecule has 1 heterocycles. The van der Waals surface area contributed by atoms with E-state index in [0.717, 1.165) is 6.20 Å². The third-order valence-corrected chi connectivity index (χ3v) is 1.58. The van der Waals surface area contributed by atoms with Gasteiger partial charge in [-0.3, -0.25) is 4.98 Å². The minimum atomic E-state index is -1.81. The van der Waals surface area contributed by atoms with Gasteiger partial charge in [-0.15, -0.1) is 0 Å². The minimum Gasteiger partial charge on any atom is -0.478 e. The molecule has 6 heteroatoms. The van der Waals surface area contributed by atoms with E-state index in [-0.39, 0.29) is 11.0 Å². The van der Waals surface area contributed by atoms with Crippen molar-refractivity contribution in [3.8, 4) is 0 Å². The molecule has 3 N–H and O–H groups in total. The van der Waals surface area contributed by atoms with Gasteiger partial charge in [-0.1, -0.05) is 0 Å². The molecule has 13 heavy (non-hydrogen) atoms. The molecule has 0 aromatic carbocycles. The lowest BCUT2D eigenvalue weighted by atomic mass is 9.78. The molecule has 0 bridgehead atoms. The van der Waals surface area contributed by atoms with Gasteiger partial charge in [0.15, 0.2) is 0 Å². The van der Waals surface area contributed by atoms with Gasteiger partial charge in [-0.2, -0.15) is 0 Å². The molecule has 1 rings (SSSR count). The fourth-order valence-electron chi connectivity index (χ4n) is 0.961. The van der Waals surface area contributed by atoms with Crippen molar-refractivity contribution < 1.29 is 19.9 Å². The molecule has 5 nitrogen and oxygen atoms in total. The summed E-state index contributed by atoms with van der Waals surface area (Å²) in [5.41, 5.74) is 0.280. The lowest BCUT2D eigenvalue weighted by molar-refractivity contribution is 0.0697. The fourth-order valence-corrected chi connectivity index (χ4v) is 0.961. The Morgan fingerprint density at radius 1 is 1.54 bits per heavy atom. The van der Waals surface area contributed by atoms with E-state index >= 15 is 0 Å². The smallest absolute Gasteiger partial charge is 0.478 e. The number of aryl methyl sites for hydroxylation is 1. The van der Waals surface area contributed by atoms with Crippen molar-refractivity contribution in [2.24, 2.45) is 0 Å². The quantitative estimate of drug-likeness (QED) is 0.496.